The summed E-state index contributed by atoms with van der Waals surface area (Å²) in [7, 11) is -4.52. The maximum atomic E-state index is 10.4. The number of benzene rings is 3. The molecule has 170 valence electrons. The molecule has 0 saturated heterocycles. The molecule has 32 heavy (non-hydrogen) atoms. The van der Waals surface area contributed by atoms with Crippen molar-refractivity contribution in [1.29, 1.82) is 0 Å². The number of nitro benzene ring substituents is 1. The highest BCUT2D eigenvalue weighted by atomic mass is 127. The van der Waals surface area contributed by atoms with Gasteiger partial charge in [0.05, 0.1) is 9.82 Å². The molecule has 3 rings (SSSR count). The van der Waals surface area contributed by atoms with Crippen LogP contribution in [-0.4, -0.2) is 17.9 Å². The molecule has 0 aromatic heterocycles. The van der Waals surface area contributed by atoms with E-state index in [0.717, 1.165) is 24.3 Å². The van der Waals surface area contributed by atoms with Gasteiger partial charge in [-0.3, -0.25) is 10.1 Å². The fraction of sp³-hybridized carbons (Fsp3) is 0.250. The minimum absolute atomic E-state index is 0.0164. The number of hydrogen-bond donors (Lipinski definition) is 0. The van der Waals surface area contributed by atoms with Crippen LogP contribution in [0.5, 0.6) is 0 Å². The van der Waals surface area contributed by atoms with Gasteiger partial charge in [-0.25, -0.2) is 8.42 Å². The van der Waals surface area contributed by atoms with Crippen LogP contribution in [0.1, 0.15) is 37.8 Å². The molecule has 3 aromatic rings. The molecule has 0 aliphatic carbocycles. The molecule has 6 nitrogen and oxygen atoms in total. The van der Waals surface area contributed by atoms with Gasteiger partial charge in [-0.2, -0.15) is 0 Å². The van der Waals surface area contributed by atoms with E-state index in [1.165, 1.54) is 44.0 Å². The molecule has 8 heteroatoms. The lowest BCUT2D eigenvalue weighted by Crippen LogP contribution is -3.61. The van der Waals surface area contributed by atoms with Gasteiger partial charge in [0.15, 0.2) is 7.14 Å². The first-order chi connectivity index (χ1) is 15.2. The summed E-state index contributed by atoms with van der Waals surface area (Å²) in [5.41, 5.74) is 2.68. The van der Waals surface area contributed by atoms with Crippen LogP contribution in [0.4, 0.5) is 5.69 Å². The first kappa shape index (κ1) is 26.0. The summed E-state index contributed by atoms with van der Waals surface area (Å²) in [5, 5.41) is 10.1. The third-order valence-electron chi connectivity index (χ3n) is 4.46. The summed E-state index contributed by atoms with van der Waals surface area (Å²) >= 11 is -0.0164. The smallest absolute Gasteiger partial charge is 0.357 e. The number of hydrogen-bond acceptors (Lipinski definition) is 5. The molecule has 3 aromatic carbocycles. The summed E-state index contributed by atoms with van der Waals surface area (Å²) in [6, 6.07) is 22.2. The third kappa shape index (κ3) is 8.68. The van der Waals surface area contributed by atoms with Crippen molar-refractivity contribution in [3.8, 4) is 0 Å². The van der Waals surface area contributed by atoms with E-state index in [-0.39, 0.29) is 26.9 Å². The standard InChI is InChI=1S/C18H22I.C6H5NO5S/c1-3-5-15-7-11-17(12-8-15)19-18-13-9-16(6-4-2)10-14-18;8-7(9)5-1-3-6(4-2-5)13(10,11)12/h7-14H,3-6H2,1-2H3;1-4H,(H,10,11,12)/q+1;/p-1. The molecule has 0 heterocycles. The van der Waals surface area contributed by atoms with Gasteiger partial charge in [-0.15, -0.1) is 0 Å². The molecule has 0 amide bonds. The fourth-order valence-electron chi connectivity index (χ4n) is 2.87. The highest BCUT2D eigenvalue weighted by molar-refractivity contribution is 7.85. The molecular weight excluding hydrogens is 541 g/mol. The van der Waals surface area contributed by atoms with Crippen molar-refractivity contribution < 1.29 is 39.1 Å². The van der Waals surface area contributed by atoms with E-state index in [9.17, 15) is 23.1 Å². The first-order valence-corrected chi connectivity index (χ1v) is 13.8. The Kier molecular flexibility index (Phi) is 10.3. The Bertz CT molecular complexity index is 1050. The molecule has 0 unspecified atom stereocenters. The van der Waals surface area contributed by atoms with Gasteiger partial charge in [0, 0.05) is 12.1 Å². The first-order valence-electron chi connectivity index (χ1n) is 10.3. The highest BCUT2D eigenvalue weighted by Crippen LogP contribution is 2.14. The number of aryl methyl sites for hydroxylation is 2. The Hall–Kier alpha value is -2.30. The number of nitro groups is 1. The van der Waals surface area contributed by atoms with Crippen LogP contribution >= 0.6 is 0 Å². The van der Waals surface area contributed by atoms with Crippen molar-refractivity contribution in [2.45, 2.75) is 44.4 Å². The maximum absolute atomic E-state index is 10.4. The normalized spacial score (nSPS) is 10.8. The van der Waals surface area contributed by atoms with Gasteiger partial charge < -0.3 is 4.55 Å². The van der Waals surface area contributed by atoms with E-state index in [4.69, 9.17) is 0 Å². The average molecular weight is 567 g/mol. The molecule has 0 N–H and O–H groups in total. The Morgan fingerprint density at radius 2 is 1.16 bits per heavy atom. The van der Waals surface area contributed by atoms with Crippen LogP contribution in [0.25, 0.3) is 0 Å². The zero-order valence-corrected chi connectivity index (χ0v) is 21.0. The molecule has 0 aliphatic heterocycles. The number of rotatable bonds is 8. The Balaban J connectivity index is 0.000000244. The van der Waals surface area contributed by atoms with Crippen LogP contribution < -0.4 is 21.2 Å². The molecular formula is C24H26INO5S. The summed E-state index contributed by atoms with van der Waals surface area (Å²) in [4.78, 5) is 8.99. The van der Waals surface area contributed by atoms with E-state index in [2.05, 4.69) is 62.4 Å². The summed E-state index contributed by atoms with van der Waals surface area (Å²) in [5.74, 6) is 0. The van der Waals surface area contributed by atoms with Gasteiger partial charge >= 0.3 is 21.2 Å². The van der Waals surface area contributed by atoms with Crippen molar-refractivity contribution in [3.05, 3.63) is 101 Å². The summed E-state index contributed by atoms with van der Waals surface area (Å²) in [6.45, 7) is 4.47. The van der Waals surface area contributed by atoms with Crippen LogP contribution in [0, 0.1) is 17.3 Å². The maximum Gasteiger partial charge on any atom is 0.357 e. The van der Waals surface area contributed by atoms with Crippen LogP contribution in [0.2, 0.25) is 0 Å². The van der Waals surface area contributed by atoms with Gasteiger partial charge in [-0.05, 0) is 60.4 Å². The highest BCUT2D eigenvalue weighted by Gasteiger charge is 2.14. The van der Waals surface area contributed by atoms with Crippen molar-refractivity contribution in [2.75, 3.05) is 0 Å². The molecule has 0 radical (unpaired) electrons. The molecule has 0 bridgehead atoms. The van der Waals surface area contributed by atoms with E-state index >= 15 is 0 Å². The summed E-state index contributed by atoms with van der Waals surface area (Å²) in [6.07, 6.45) is 4.86. The van der Waals surface area contributed by atoms with Crippen molar-refractivity contribution in [2.24, 2.45) is 0 Å². The van der Waals surface area contributed by atoms with Gasteiger partial charge in [0.1, 0.15) is 10.1 Å². The Labute approximate surface area is 199 Å². The number of halogens is 1. The second-order valence-corrected chi connectivity index (χ2v) is 11.5. The van der Waals surface area contributed by atoms with E-state index in [1.807, 2.05) is 0 Å². The largest absolute Gasteiger partial charge is 0.744 e. The van der Waals surface area contributed by atoms with E-state index < -0.39 is 19.9 Å². The number of nitrogens with zero attached hydrogens (tertiary/aromatic N) is 1. The lowest BCUT2D eigenvalue weighted by Gasteiger charge is -2.04. The van der Waals surface area contributed by atoms with Crippen molar-refractivity contribution in [1.82, 2.24) is 0 Å². The van der Waals surface area contributed by atoms with Crippen molar-refractivity contribution in [3.63, 3.8) is 0 Å². The second-order valence-electron chi connectivity index (χ2n) is 7.05. The molecule has 0 fully saturated rings. The predicted molar refractivity (Wildman–Crippen MR) is 119 cm³/mol. The van der Waals surface area contributed by atoms with E-state index in [1.54, 1.807) is 0 Å². The van der Waals surface area contributed by atoms with Gasteiger partial charge in [-0.1, -0.05) is 51.0 Å². The molecule has 0 saturated carbocycles. The average Bonchev–Trinajstić information content (AvgIpc) is 2.77. The monoisotopic (exact) mass is 567 g/mol. The summed E-state index contributed by atoms with van der Waals surface area (Å²) < 4.78 is 34.2. The second kappa shape index (κ2) is 12.7. The minimum atomic E-state index is -4.52. The number of non-ortho nitro benzene ring substituents is 1. The van der Waals surface area contributed by atoms with Crippen LogP contribution in [0.15, 0.2) is 77.7 Å². The van der Waals surface area contributed by atoms with Crippen molar-refractivity contribution >= 4 is 15.8 Å². The minimum Gasteiger partial charge on any atom is -0.744 e. The zero-order valence-electron chi connectivity index (χ0n) is 18.0. The Morgan fingerprint density at radius 3 is 1.47 bits per heavy atom. The zero-order chi connectivity index (χ0) is 23.6. The predicted octanol–water partition coefficient (Wildman–Crippen LogP) is 2.22. The fourth-order valence-corrected chi connectivity index (χ4v) is 5.49. The lowest BCUT2D eigenvalue weighted by atomic mass is 10.1. The Morgan fingerprint density at radius 1 is 0.750 bits per heavy atom. The topological polar surface area (TPSA) is 100 Å². The molecule has 0 atom stereocenters. The third-order valence-corrected chi connectivity index (χ3v) is 7.99. The SMILES string of the molecule is CCCc1ccc([I+]c2ccc(CCC)cc2)cc1.O=[N+]([O-])c1ccc(S(=O)(=O)[O-])cc1. The van der Waals surface area contributed by atoms with Gasteiger partial charge in [0.2, 0.25) is 0 Å². The van der Waals surface area contributed by atoms with Crippen LogP contribution in [0.3, 0.4) is 0 Å². The lowest BCUT2D eigenvalue weighted by molar-refractivity contribution is -0.597. The van der Waals surface area contributed by atoms with E-state index in [0.29, 0.717) is 0 Å². The molecule has 0 aliphatic rings. The van der Waals surface area contributed by atoms with Crippen LogP contribution in [-0.2, 0) is 23.0 Å². The quantitative estimate of drug-likeness (QED) is 0.180. The molecule has 0 spiro atoms. The van der Waals surface area contributed by atoms with Gasteiger partial charge in [0.25, 0.3) is 5.69 Å².